The Morgan fingerprint density at radius 3 is 2.47 bits per heavy atom. The van der Waals surface area contributed by atoms with Crippen LogP contribution >= 0.6 is 0 Å². The van der Waals surface area contributed by atoms with Crippen molar-refractivity contribution >= 4 is 5.78 Å². The maximum Gasteiger partial charge on any atom is 0.182 e. The second kappa shape index (κ2) is 5.29. The minimum absolute atomic E-state index is 0.228. The predicted octanol–water partition coefficient (Wildman–Crippen LogP) is 1.12. The van der Waals surface area contributed by atoms with Gasteiger partial charge in [-0.05, 0) is 43.5 Å². The second-order valence-corrected chi connectivity index (χ2v) is 4.17. The lowest BCUT2D eigenvalue weighted by molar-refractivity contribution is 0.0924. The molecule has 0 aliphatic carbocycles. The Morgan fingerprint density at radius 2 is 2.00 bits per heavy atom. The summed E-state index contributed by atoms with van der Waals surface area (Å²) in [4.78, 5) is 12.0. The van der Waals surface area contributed by atoms with Gasteiger partial charge in [0.1, 0.15) is 5.75 Å². The molecule has 94 valence electrons. The molecule has 4 heteroatoms. The Bertz CT molecular complexity index is 441. The van der Waals surface area contributed by atoms with E-state index in [1.165, 1.54) is 0 Å². The van der Waals surface area contributed by atoms with E-state index in [0.717, 1.165) is 22.4 Å². The van der Waals surface area contributed by atoms with Crippen LogP contribution in [-0.4, -0.2) is 30.6 Å². The maximum atomic E-state index is 12.0. The van der Waals surface area contributed by atoms with Crippen molar-refractivity contribution in [2.24, 2.45) is 5.73 Å². The van der Waals surface area contributed by atoms with Gasteiger partial charge < -0.3 is 15.6 Å². The van der Waals surface area contributed by atoms with Gasteiger partial charge in [-0.25, -0.2) is 0 Å². The van der Waals surface area contributed by atoms with Crippen LogP contribution in [0.5, 0.6) is 5.75 Å². The van der Waals surface area contributed by atoms with Gasteiger partial charge in [-0.2, -0.15) is 0 Å². The number of aliphatic hydroxyl groups is 1. The zero-order chi connectivity index (χ0) is 13.2. The first-order chi connectivity index (χ1) is 7.93. The highest BCUT2D eigenvalue weighted by atomic mass is 16.5. The van der Waals surface area contributed by atoms with Crippen LogP contribution < -0.4 is 10.5 Å². The summed E-state index contributed by atoms with van der Waals surface area (Å²) in [5.41, 5.74) is 8.76. The Kier molecular flexibility index (Phi) is 4.26. The van der Waals surface area contributed by atoms with Crippen LogP contribution in [0.2, 0.25) is 0 Å². The molecule has 0 radical (unpaired) electrons. The Hall–Kier alpha value is -1.39. The highest BCUT2D eigenvalue weighted by Crippen LogP contribution is 2.28. The quantitative estimate of drug-likeness (QED) is 0.770. The Labute approximate surface area is 101 Å². The van der Waals surface area contributed by atoms with Crippen LogP contribution in [0.3, 0.4) is 0 Å². The lowest BCUT2D eigenvalue weighted by Crippen LogP contribution is -2.35. The van der Waals surface area contributed by atoms with Gasteiger partial charge in [0.25, 0.3) is 0 Å². The number of aryl methyl sites for hydroxylation is 1. The summed E-state index contributed by atoms with van der Waals surface area (Å²) < 4.78 is 5.24. The third-order valence-electron chi connectivity index (χ3n) is 3.05. The van der Waals surface area contributed by atoms with Gasteiger partial charge in [-0.15, -0.1) is 0 Å². The van der Waals surface area contributed by atoms with Crippen molar-refractivity contribution in [1.82, 2.24) is 0 Å². The second-order valence-electron chi connectivity index (χ2n) is 4.17. The molecule has 1 rings (SSSR count). The van der Waals surface area contributed by atoms with Crippen LogP contribution in [0.15, 0.2) is 6.07 Å². The molecular formula is C13H19NO3. The zero-order valence-electron chi connectivity index (χ0n) is 10.7. The molecule has 17 heavy (non-hydrogen) atoms. The molecule has 0 amide bonds. The maximum absolute atomic E-state index is 12.0. The molecule has 0 saturated carbocycles. The fraction of sp³-hybridized carbons (Fsp3) is 0.462. The Balaban J connectivity index is 3.35. The SMILES string of the molecule is COc1cc(C)c(C(=O)C(N)CO)c(C)c1C. The summed E-state index contributed by atoms with van der Waals surface area (Å²) in [5.74, 6) is 0.530. The molecule has 0 aliphatic rings. The fourth-order valence-electron chi connectivity index (χ4n) is 1.90. The first kappa shape index (κ1) is 13.7. The van der Waals surface area contributed by atoms with Gasteiger partial charge >= 0.3 is 0 Å². The largest absolute Gasteiger partial charge is 0.496 e. The summed E-state index contributed by atoms with van der Waals surface area (Å²) in [6.45, 7) is 5.26. The van der Waals surface area contributed by atoms with Gasteiger partial charge in [-0.3, -0.25) is 4.79 Å². The van der Waals surface area contributed by atoms with E-state index in [2.05, 4.69) is 0 Å². The molecule has 0 aromatic heterocycles. The number of ether oxygens (including phenoxy) is 1. The number of aliphatic hydroxyl groups excluding tert-OH is 1. The van der Waals surface area contributed by atoms with Gasteiger partial charge in [0.05, 0.1) is 19.8 Å². The van der Waals surface area contributed by atoms with Crippen molar-refractivity contribution in [1.29, 1.82) is 0 Å². The van der Waals surface area contributed by atoms with Crippen molar-refractivity contribution in [3.8, 4) is 5.75 Å². The van der Waals surface area contributed by atoms with Gasteiger partial charge in [0.2, 0.25) is 0 Å². The average molecular weight is 237 g/mol. The lowest BCUT2D eigenvalue weighted by atomic mass is 9.92. The molecule has 1 aromatic carbocycles. The molecule has 0 spiro atoms. The summed E-state index contributed by atoms with van der Waals surface area (Å²) >= 11 is 0. The van der Waals surface area contributed by atoms with E-state index in [1.54, 1.807) is 7.11 Å². The number of Topliss-reactive ketones (excluding diaryl/α,β-unsaturated/α-hetero) is 1. The van der Waals surface area contributed by atoms with Gasteiger partial charge in [-0.1, -0.05) is 0 Å². The monoisotopic (exact) mass is 237 g/mol. The number of rotatable bonds is 4. The summed E-state index contributed by atoms with van der Waals surface area (Å²) in [5, 5.41) is 8.95. The topological polar surface area (TPSA) is 72.5 Å². The van der Waals surface area contributed by atoms with E-state index in [9.17, 15) is 4.79 Å². The molecule has 0 heterocycles. The Morgan fingerprint density at radius 1 is 1.41 bits per heavy atom. The molecular weight excluding hydrogens is 218 g/mol. The van der Waals surface area contributed by atoms with Gasteiger partial charge in [0, 0.05) is 5.56 Å². The van der Waals surface area contributed by atoms with Crippen LogP contribution in [0, 0.1) is 20.8 Å². The number of nitrogens with two attached hydrogens (primary N) is 1. The number of carbonyl (C=O) groups is 1. The smallest absolute Gasteiger partial charge is 0.182 e. The van der Waals surface area contributed by atoms with E-state index in [4.69, 9.17) is 15.6 Å². The van der Waals surface area contributed by atoms with Crippen molar-refractivity contribution in [2.45, 2.75) is 26.8 Å². The van der Waals surface area contributed by atoms with Crippen LogP contribution in [0.1, 0.15) is 27.0 Å². The van der Waals surface area contributed by atoms with Crippen LogP contribution in [0.4, 0.5) is 0 Å². The molecule has 0 bridgehead atoms. The number of hydrogen-bond donors (Lipinski definition) is 2. The summed E-state index contributed by atoms with van der Waals surface area (Å²) in [6, 6.07) is 0.958. The third-order valence-corrected chi connectivity index (χ3v) is 3.05. The highest BCUT2D eigenvalue weighted by Gasteiger charge is 2.21. The first-order valence-corrected chi connectivity index (χ1v) is 5.49. The predicted molar refractivity (Wildman–Crippen MR) is 66.6 cm³/mol. The molecule has 1 aromatic rings. The zero-order valence-corrected chi connectivity index (χ0v) is 10.7. The third kappa shape index (κ3) is 2.48. The van der Waals surface area contributed by atoms with Crippen molar-refractivity contribution in [3.05, 3.63) is 28.3 Å². The molecule has 0 saturated heterocycles. The highest BCUT2D eigenvalue weighted by molar-refractivity contribution is 6.03. The number of benzene rings is 1. The van der Waals surface area contributed by atoms with Crippen molar-refractivity contribution in [3.63, 3.8) is 0 Å². The van der Waals surface area contributed by atoms with E-state index >= 15 is 0 Å². The molecule has 0 fully saturated rings. The number of carbonyl (C=O) groups excluding carboxylic acids is 1. The van der Waals surface area contributed by atoms with Gasteiger partial charge in [0.15, 0.2) is 5.78 Å². The molecule has 1 atom stereocenters. The first-order valence-electron chi connectivity index (χ1n) is 5.49. The van der Waals surface area contributed by atoms with Crippen molar-refractivity contribution in [2.75, 3.05) is 13.7 Å². The van der Waals surface area contributed by atoms with E-state index in [1.807, 2.05) is 26.8 Å². The normalized spacial score (nSPS) is 12.4. The standard InChI is InChI=1S/C13H19NO3/c1-7-5-11(17-4)8(2)9(3)12(7)13(16)10(14)6-15/h5,10,15H,6,14H2,1-4H3. The summed E-state index contributed by atoms with van der Waals surface area (Å²) in [6.07, 6.45) is 0. The number of methoxy groups -OCH3 is 1. The van der Waals surface area contributed by atoms with E-state index < -0.39 is 6.04 Å². The van der Waals surface area contributed by atoms with Crippen LogP contribution in [-0.2, 0) is 0 Å². The molecule has 3 N–H and O–H groups in total. The van der Waals surface area contributed by atoms with Crippen molar-refractivity contribution < 1.29 is 14.6 Å². The number of ketones is 1. The summed E-state index contributed by atoms with van der Waals surface area (Å²) in [7, 11) is 1.60. The molecule has 0 aliphatic heterocycles. The van der Waals surface area contributed by atoms with E-state index in [-0.39, 0.29) is 12.4 Å². The lowest BCUT2D eigenvalue weighted by Gasteiger charge is -2.17. The van der Waals surface area contributed by atoms with Crippen LogP contribution in [0.25, 0.3) is 0 Å². The fourth-order valence-corrected chi connectivity index (χ4v) is 1.90. The minimum Gasteiger partial charge on any atom is -0.496 e. The molecule has 4 nitrogen and oxygen atoms in total. The molecule has 1 unspecified atom stereocenters. The minimum atomic E-state index is -0.861. The van der Waals surface area contributed by atoms with E-state index in [0.29, 0.717) is 5.56 Å². The number of hydrogen-bond acceptors (Lipinski definition) is 4. The average Bonchev–Trinajstić information content (AvgIpc) is 2.32.